The standard InChI is InChI=1S/C18H37N3/c1-16(15-17-9-6-7-12-20-17)19-13-8-14-21(2)18-10-4-3-5-11-18/h16-20H,3-15H2,1-2H3. The summed E-state index contributed by atoms with van der Waals surface area (Å²) in [5, 5.41) is 7.37. The molecule has 0 aromatic rings. The summed E-state index contributed by atoms with van der Waals surface area (Å²) in [6.45, 7) is 6.00. The molecule has 2 unspecified atom stereocenters. The van der Waals surface area contributed by atoms with Crippen LogP contribution in [0.2, 0.25) is 0 Å². The molecule has 0 radical (unpaired) electrons. The lowest BCUT2D eigenvalue weighted by Gasteiger charge is -2.31. The highest BCUT2D eigenvalue weighted by molar-refractivity contribution is 4.77. The Morgan fingerprint density at radius 1 is 1.10 bits per heavy atom. The SMILES string of the molecule is CC(CC1CCCCN1)NCCCN(C)C1CCCCC1. The van der Waals surface area contributed by atoms with Crippen molar-refractivity contribution in [3.8, 4) is 0 Å². The summed E-state index contributed by atoms with van der Waals surface area (Å²) in [5.41, 5.74) is 0. The summed E-state index contributed by atoms with van der Waals surface area (Å²) in [6.07, 6.45) is 13.9. The fourth-order valence-electron chi connectivity index (χ4n) is 4.02. The van der Waals surface area contributed by atoms with Gasteiger partial charge in [-0.25, -0.2) is 0 Å². The molecule has 1 aliphatic heterocycles. The van der Waals surface area contributed by atoms with Crippen molar-refractivity contribution in [1.29, 1.82) is 0 Å². The van der Waals surface area contributed by atoms with Crippen LogP contribution in [0.15, 0.2) is 0 Å². The Labute approximate surface area is 132 Å². The van der Waals surface area contributed by atoms with Crippen molar-refractivity contribution in [2.45, 2.75) is 89.3 Å². The summed E-state index contributed by atoms with van der Waals surface area (Å²) in [4.78, 5) is 2.61. The summed E-state index contributed by atoms with van der Waals surface area (Å²) in [6, 6.07) is 2.27. The Kier molecular flexibility index (Phi) is 8.05. The minimum absolute atomic E-state index is 0.653. The third-order valence-corrected chi connectivity index (χ3v) is 5.43. The molecule has 0 bridgehead atoms. The molecule has 3 heteroatoms. The number of hydrogen-bond donors (Lipinski definition) is 2. The zero-order chi connectivity index (χ0) is 14.9. The van der Waals surface area contributed by atoms with E-state index in [0.717, 1.165) is 12.1 Å². The van der Waals surface area contributed by atoms with Crippen LogP contribution in [-0.2, 0) is 0 Å². The average molecular weight is 296 g/mol. The zero-order valence-corrected chi connectivity index (χ0v) is 14.4. The highest BCUT2D eigenvalue weighted by atomic mass is 15.1. The number of rotatable bonds is 8. The van der Waals surface area contributed by atoms with Gasteiger partial charge in [0, 0.05) is 18.1 Å². The molecule has 2 N–H and O–H groups in total. The van der Waals surface area contributed by atoms with Gasteiger partial charge >= 0.3 is 0 Å². The topological polar surface area (TPSA) is 27.3 Å². The molecule has 21 heavy (non-hydrogen) atoms. The Hall–Kier alpha value is -0.120. The van der Waals surface area contributed by atoms with E-state index in [1.165, 1.54) is 83.8 Å². The Balaban J connectivity index is 1.50. The van der Waals surface area contributed by atoms with Crippen molar-refractivity contribution in [2.75, 3.05) is 26.7 Å². The van der Waals surface area contributed by atoms with Crippen molar-refractivity contribution in [3.05, 3.63) is 0 Å². The van der Waals surface area contributed by atoms with Crippen LogP contribution in [0, 0.1) is 0 Å². The largest absolute Gasteiger partial charge is 0.314 e. The van der Waals surface area contributed by atoms with Crippen molar-refractivity contribution < 1.29 is 0 Å². The molecule has 1 saturated carbocycles. The highest BCUT2D eigenvalue weighted by Crippen LogP contribution is 2.21. The molecule has 2 aliphatic rings. The van der Waals surface area contributed by atoms with Crippen molar-refractivity contribution in [1.82, 2.24) is 15.5 Å². The monoisotopic (exact) mass is 295 g/mol. The summed E-state index contributed by atoms with van der Waals surface area (Å²) in [7, 11) is 2.32. The number of nitrogens with zero attached hydrogens (tertiary/aromatic N) is 1. The lowest BCUT2D eigenvalue weighted by atomic mass is 9.94. The fraction of sp³-hybridized carbons (Fsp3) is 1.00. The van der Waals surface area contributed by atoms with Crippen LogP contribution in [0.25, 0.3) is 0 Å². The first-order chi connectivity index (χ1) is 10.3. The van der Waals surface area contributed by atoms with E-state index in [4.69, 9.17) is 0 Å². The van der Waals surface area contributed by atoms with E-state index in [1.807, 2.05) is 0 Å². The quantitative estimate of drug-likeness (QED) is 0.674. The van der Waals surface area contributed by atoms with Gasteiger partial charge in [0.05, 0.1) is 0 Å². The molecular formula is C18H37N3. The van der Waals surface area contributed by atoms with E-state index in [-0.39, 0.29) is 0 Å². The average Bonchev–Trinajstić information content (AvgIpc) is 2.53. The molecule has 2 fully saturated rings. The van der Waals surface area contributed by atoms with E-state index in [2.05, 4.69) is 29.5 Å². The maximum atomic E-state index is 3.72. The number of nitrogens with one attached hydrogen (secondary N) is 2. The van der Waals surface area contributed by atoms with Gasteiger partial charge in [0.2, 0.25) is 0 Å². The van der Waals surface area contributed by atoms with Crippen LogP contribution >= 0.6 is 0 Å². The van der Waals surface area contributed by atoms with E-state index < -0.39 is 0 Å². The summed E-state index contributed by atoms with van der Waals surface area (Å²) in [5.74, 6) is 0. The van der Waals surface area contributed by atoms with Gasteiger partial charge < -0.3 is 15.5 Å². The predicted molar refractivity (Wildman–Crippen MR) is 91.8 cm³/mol. The first-order valence-electron chi connectivity index (χ1n) is 9.42. The molecule has 1 saturated heterocycles. The van der Waals surface area contributed by atoms with Crippen molar-refractivity contribution in [3.63, 3.8) is 0 Å². The number of hydrogen-bond acceptors (Lipinski definition) is 3. The Morgan fingerprint density at radius 2 is 1.86 bits per heavy atom. The van der Waals surface area contributed by atoms with Gasteiger partial charge in [-0.3, -0.25) is 0 Å². The molecule has 0 aromatic heterocycles. The maximum Gasteiger partial charge on any atom is 0.00922 e. The van der Waals surface area contributed by atoms with Crippen LogP contribution < -0.4 is 10.6 Å². The smallest absolute Gasteiger partial charge is 0.00922 e. The van der Waals surface area contributed by atoms with Crippen LogP contribution in [0.3, 0.4) is 0 Å². The third-order valence-electron chi connectivity index (χ3n) is 5.43. The minimum atomic E-state index is 0.653. The molecule has 1 heterocycles. The zero-order valence-electron chi connectivity index (χ0n) is 14.4. The molecule has 0 spiro atoms. The van der Waals surface area contributed by atoms with Crippen LogP contribution in [0.1, 0.15) is 71.1 Å². The van der Waals surface area contributed by atoms with Gasteiger partial charge in [0.1, 0.15) is 0 Å². The Bertz CT molecular complexity index is 257. The molecule has 0 aromatic carbocycles. The second kappa shape index (κ2) is 9.81. The molecular weight excluding hydrogens is 258 g/mol. The lowest BCUT2D eigenvalue weighted by Crippen LogP contribution is -2.40. The van der Waals surface area contributed by atoms with Gasteiger partial charge in [-0.1, -0.05) is 25.7 Å². The fourth-order valence-corrected chi connectivity index (χ4v) is 4.02. The van der Waals surface area contributed by atoms with E-state index in [1.54, 1.807) is 0 Å². The maximum absolute atomic E-state index is 3.72. The predicted octanol–water partition coefficient (Wildman–Crippen LogP) is 3.15. The van der Waals surface area contributed by atoms with Crippen LogP contribution in [0.4, 0.5) is 0 Å². The molecule has 2 atom stereocenters. The van der Waals surface area contributed by atoms with Gasteiger partial charge in [-0.2, -0.15) is 0 Å². The Morgan fingerprint density at radius 3 is 2.57 bits per heavy atom. The second-order valence-corrected chi connectivity index (χ2v) is 7.36. The van der Waals surface area contributed by atoms with Crippen molar-refractivity contribution >= 4 is 0 Å². The molecule has 2 rings (SSSR count). The minimum Gasteiger partial charge on any atom is -0.314 e. The van der Waals surface area contributed by atoms with E-state index >= 15 is 0 Å². The van der Waals surface area contributed by atoms with Gasteiger partial charge in [-0.15, -0.1) is 0 Å². The molecule has 1 aliphatic carbocycles. The van der Waals surface area contributed by atoms with Gasteiger partial charge in [0.15, 0.2) is 0 Å². The first-order valence-corrected chi connectivity index (χ1v) is 9.42. The van der Waals surface area contributed by atoms with E-state index in [9.17, 15) is 0 Å². The summed E-state index contributed by atoms with van der Waals surface area (Å²) >= 11 is 0. The van der Waals surface area contributed by atoms with E-state index in [0.29, 0.717) is 6.04 Å². The van der Waals surface area contributed by atoms with Crippen LogP contribution in [-0.4, -0.2) is 49.7 Å². The van der Waals surface area contributed by atoms with Crippen molar-refractivity contribution in [2.24, 2.45) is 0 Å². The molecule has 3 nitrogen and oxygen atoms in total. The normalized spacial score (nSPS) is 26.1. The number of piperidine rings is 1. The third kappa shape index (κ3) is 6.66. The summed E-state index contributed by atoms with van der Waals surface area (Å²) < 4.78 is 0. The highest BCUT2D eigenvalue weighted by Gasteiger charge is 2.18. The van der Waals surface area contributed by atoms with Gasteiger partial charge in [0.25, 0.3) is 0 Å². The second-order valence-electron chi connectivity index (χ2n) is 7.36. The van der Waals surface area contributed by atoms with Gasteiger partial charge in [-0.05, 0) is 72.1 Å². The molecule has 124 valence electrons. The van der Waals surface area contributed by atoms with Crippen LogP contribution in [0.5, 0.6) is 0 Å². The molecule has 0 amide bonds. The first kappa shape index (κ1) is 17.2. The lowest BCUT2D eigenvalue weighted by molar-refractivity contribution is 0.189.